The van der Waals surface area contributed by atoms with Gasteiger partial charge in [-0.25, -0.2) is 12.8 Å². The normalized spacial score (nSPS) is 11.7. The first kappa shape index (κ1) is 16.9. The van der Waals surface area contributed by atoms with Crippen molar-refractivity contribution in [2.75, 3.05) is 13.1 Å². The first-order chi connectivity index (χ1) is 9.16. The number of carbonyl (C=O) groups excluding carboxylic acids is 1. The number of halogens is 2. The Morgan fingerprint density at radius 2 is 2.00 bits per heavy atom. The van der Waals surface area contributed by atoms with Crippen LogP contribution < -0.4 is 0 Å². The summed E-state index contributed by atoms with van der Waals surface area (Å²) in [7, 11) is 1.19. The number of rotatable bonds is 5. The van der Waals surface area contributed by atoms with Gasteiger partial charge in [0.05, 0.1) is 10.5 Å². The van der Waals surface area contributed by atoms with E-state index >= 15 is 0 Å². The van der Waals surface area contributed by atoms with E-state index in [9.17, 15) is 17.6 Å². The summed E-state index contributed by atoms with van der Waals surface area (Å²) >= 11 is 0. The molecular formula is C13H17ClFNO3S. The third-order valence-corrected chi connectivity index (χ3v) is 4.07. The Balaban J connectivity index is 3.30. The molecule has 0 aliphatic rings. The Hall–Kier alpha value is -1.14. The van der Waals surface area contributed by atoms with E-state index in [-0.39, 0.29) is 16.4 Å². The highest BCUT2D eigenvalue weighted by atomic mass is 35.7. The average Bonchev–Trinajstić information content (AvgIpc) is 2.33. The number of hydrogen-bond donors (Lipinski definition) is 0. The van der Waals surface area contributed by atoms with Crippen molar-refractivity contribution in [3.8, 4) is 0 Å². The van der Waals surface area contributed by atoms with Crippen LogP contribution in [-0.4, -0.2) is 32.3 Å². The van der Waals surface area contributed by atoms with E-state index in [0.717, 1.165) is 18.2 Å². The van der Waals surface area contributed by atoms with Gasteiger partial charge in [0.25, 0.3) is 15.0 Å². The third kappa shape index (κ3) is 4.18. The van der Waals surface area contributed by atoms with Crippen molar-refractivity contribution in [3.05, 3.63) is 29.6 Å². The zero-order chi connectivity index (χ0) is 15.5. The minimum Gasteiger partial charge on any atom is -0.339 e. The van der Waals surface area contributed by atoms with Crippen LogP contribution in [0.3, 0.4) is 0 Å². The Morgan fingerprint density at radius 1 is 1.40 bits per heavy atom. The first-order valence-electron chi connectivity index (χ1n) is 6.20. The molecule has 0 spiro atoms. The van der Waals surface area contributed by atoms with Gasteiger partial charge in [0.15, 0.2) is 0 Å². The molecule has 0 radical (unpaired) electrons. The monoisotopic (exact) mass is 321 g/mol. The predicted molar refractivity (Wildman–Crippen MR) is 75.9 cm³/mol. The molecule has 0 bridgehead atoms. The first-order valence-corrected chi connectivity index (χ1v) is 8.51. The molecule has 0 N–H and O–H groups in total. The summed E-state index contributed by atoms with van der Waals surface area (Å²) in [5.74, 6) is -1.01. The summed E-state index contributed by atoms with van der Waals surface area (Å²) < 4.78 is 36.3. The lowest BCUT2D eigenvalue weighted by Crippen LogP contribution is -2.34. The predicted octanol–water partition coefficient (Wildman–Crippen LogP) is 2.87. The van der Waals surface area contributed by atoms with Crippen LogP contribution in [0.5, 0.6) is 0 Å². The quantitative estimate of drug-likeness (QED) is 0.784. The lowest BCUT2D eigenvalue weighted by atomic mass is 10.1. The lowest BCUT2D eigenvalue weighted by Gasteiger charge is -2.23. The third-order valence-electron chi connectivity index (χ3n) is 2.69. The topological polar surface area (TPSA) is 54.5 Å². The molecule has 7 heteroatoms. The average molecular weight is 322 g/mol. The smallest absolute Gasteiger partial charge is 0.262 e. The molecule has 0 aliphatic heterocycles. The number of amides is 1. The van der Waals surface area contributed by atoms with Gasteiger partial charge in [-0.3, -0.25) is 4.79 Å². The molecule has 0 aliphatic carbocycles. The molecule has 0 unspecified atom stereocenters. The summed E-state index contributed by atoms with van der Waals surface area (Å²) in [6, 6.07) is 2.87. The van der Waals surface area contributed by atoms with Crippen LogP contribution >= 0.6 is 10.7 Å². The molecule has 20 heavy (non-hydrogen) atoms. The minimum atomic E-state index is -4.11. The van der Waals surface area contributed by atoms with E-state index < -0.39 is 20.8 Å². The molecule has 0 heterocycles. The van der Waals surface area contributed by atoms with Gasteiger partial charge in [0, 0.05) is 23.8 Å². The Labute approximate surface area is 123 Å². The van der Waals surface area contributed by atoms with Gasteiger partial charge in [0.2, 0.25) is 0 Å². The van der Waals surface area contributed by atoms with Crippen LogP contribution in [0.15, 0.2) is 23.1 Å². The van der Waals surface area contributed by atoms with E-state index in [2.05, 4.69) is 0 Å². The van der Waals surface area contributed by atoms with E-state index in [1.54, 1.807) is 6.92 Å². The number of hydrogen-bond acceptors (Lipinski definition) is 3. The maximum absolute atomic E-state index is 13.3. The lowest BCUT2D eigenvalue weighted by molar-refractivity contribution is 0.0741. The highest BCUT2D eigenvalue weighted by molar-refractivity contribution is 8.13. The Bertz CT molecular complexity index is 602. The molecule has 1 aromatic carbocycles. The van der Waals surface area contributed by atoms with Crippen molar-refractivity contribution in [1.29, 1.82) is 0 Å². The molecule has 1 rings (SSSR count). The van der Waals surface area contributed by atoms with Gasteiger partial charge in [0.1, 0.15) is 5.82 Å². The Morgan fingerprint density at radius 3 is 2.45 bits per heavy atom. The van der Waals surface area contributed by atoms with Crippen LogP contribution in [0.4, 0.5) is 4.39 Å². The summed E-state index contributed by atoms with van der Waals surface area (Å²) in [5, 5.41) is 0. The zero-order valence-corrected chi connectivity index (χ0v) is 13.1. The van der Waals surface area contributed by atoms with Gasteiger partial charge in [-0.05, 0) is 31.0 Å². The van der Waals surface area contributed by atoms with Crippen LogP contribution in [0.2, 0.25) is 0 Å². The van der Waals surface area contributed by atoms with Crippen molar-refractivity contribution >= 4 is 25.6 Å². The van der Waals surface area contributed by atoms with Gasteiger partial charge < -0.3 is 4.90 Å². The number of nitrogens with zero attached hydrogens (tertiary/aromatic N) is 1. The van der Waals surface area contributed by atoms with E-state index in [1.165, 1.54) is 4.90 Å². The molecule has 0 aromatic heterocycles. The van der Waals surface area contributed by atoms with Crippen molar-refractivity contribution in [1.82, 2.24) is 4.90 Å². The second kappa shape index (κ2) is 6.54. The maximum atomic E-state index is 13.3. The highest BCUT2D eigenvalue weighted by Gasteiger charge is 2.24. The number of carbonyl (C=O) groups is 1. The molecule has 112 valence electrons. The van der Waals surface area contributed by atoms with E-state index in [1.807, 2.05) is 13.8 Å². The molecular weight excluding hydrogens is 305 g/mol. The summed E-state index contributed by atoms with van der Waals surface area (Å²) in [4.78, 5) is 13.5. The second-order valence-corrected chi connectivity index (χ2v) is 7.35. The van der Waals surface area contributed by atoms with Crippen molar-refractivity contribution in [3.63, 3.8) is 0 Å². The van der Waals surface area contributed by atoms with Crippen molar-refractivity contribution in [2.24, 2.45) is 5.92 Å². The van der Waals surface area contributed by atoms with Gasteiger partial charge >= 0.3 is 0 Å². The highest BCUT2D eigenvalue weighted by Crippen LogP contribution is 2.23. The summed E-state index contributed by atoms with van der Waals surface area (Å²) in [6.07, 6.45) is 0. The summed E-state index contributed by atoms with van der Waals surface area (Å²) in [5.41, 5.74) is -0.234. The van der Waals surface area contributed by atoms with E-state index in [4.69, 9.17) is 10.7 Å². The fraction of sp³-hybridized carbons (Fsp3) is 0.462. The molecule has 1 amide bonds. The van der Waals surface area contributed by atoms with Gasteiger partial charge in [-0.2, -0.15) is 0 Å². The fourth-order valence-corrected chi connectivity index (χ4v) is 2.89. The molecule has 0 saturated heterocycles. The standard InChI is InChI=1S/C13H17ClFNO3S/c1-4-16(8-9(2)3)13(17)11-7-10(15)5-6-12(11)20(14,18)19/h5-7,9H,4,8H2,1-3H3. The molecule has 0 atom stereocenters. The van der Waals surface area contributed by atoms with Crippen LogP contribution in [0.1, 0.15) is 31.1 Å². The number of benzene rings is 1. The molecule has 4 nitrogen and oxygen atoms in total. The summed E-state index contributed by atoms with van der Waals surface area (Å²) in [6.45, 7) is 6.48. The van der Waals surface area contributed by atoms with Crippen LogP contribution in [0.25, 0.3) is 0 Å². The van der Waals surface area contributed by atoms with Crippen LogP contribution in [-0.2, 0) is 9.05 Å². The van der Waals surface area contributed by atoms with Crippen molar-refractivity contribution in [2.45, 2.75) is 25.7 Å². The maximum Gasteiger partial charge on any atom is 0.262 e. The zero-order valence-electron chi connectivity index (χ0n) is 11.6. The van der Waals surface area contributed by atoms with Crippen LogP contribution in [0, 0.1) is 11.7 Å². The SMILES string of the molecule is CCN(CC(C)C)C(=O)c1cc(F)ccc1S(=O)(=O)Cl. The largest absolute Gasteiger partial charge is 0.339 e. The van der Waals surface area contributed by atoms with E-state index in [0.29, 0.717) is 13.1 Å². The fourth-order valence-electron chi connectivity index (χ4n) is 1.85. The Kier molecular flexibility index (Phi) is 5.53. The van der Waals surface area contributed by atoms with Gasteiger partial charge in [-0.15, -0.1) is 0 Å². The molecule has 1 aromatic rings. The second-order valence-electron chi connectivity index (χ2n) is 4.82. The minimum absolute atomic E-state index is 0.212. The molecule has 0 saturated carbocycles. The molecule has 0 fully saturated rings. The van der Waals surface area contributed by atoms with Gasteiger partial charge in [-0.1, -0.05) is 13.8 Å². The van der Waals surface area contributed by atoms with Crippen molar-refractivity contribution < 1.29 is 17.6 Å².